The predicted molar refractivity (Wildman–Crippen MR) is 63.6 cm³/mol. The number of nitro groups is 1. The minimum absolute atomic E-state index is 0.0692. The van der Waals surface area contributed by atoms with Gasteiger partial charge in [0.25, 0.3) is 5.69 Å². The number of benzene rings is 1. The molecule has 0 saturated carbocycles. The van der Waals surface area contributed by atoms with Crippen LogP contribution in [-0.2, 0) is 0 Å². The van der Waals surface area contributed by atoms with Crippen molar-refractivity contribution >= 4 is 11.9 Å². The summed E-state index contributed by atoms with van der Waals surface area (Å²) in [5, 5.41) is 14.5. The topological polar surface area (TPSA) is 67.5 Å². The smallest absolute Gasteiger partial charge is 0.270 e. The van der Waals surface area contributed by atoms with Crippen LogP contribution in [0.25, 0.3) is 0 Å². The molecule has 86 valence electrons. The van der Waals surface area contributed by atoms with Gasteiger partial charge in [-0.1, -0.05) is 12.1 Å². The van der Waals surface area contributed by atoms with Crippen molar-refractivity contribution in [3.63, 3.8) is 0 Å². The molecule has 1 aromatic rings. The quantitative estimate of drug-likeness (QED) is 0.484. The number of non-ortho nitro benzene ring substituents is 1. The Hall–Kier alpha value is -1.91. The predicted octanol–water partition coefficient (Wildman–Crippen LogP) is 2.32. The first-order chi connectivity index (χ1) is 7.38. The molecule has 1 rings (SSSR count). The molecule has 16 heavy (non-hydrogen) atoms. The van der Waals surface area contributed by atoms with Crippen LogP contribution in [0.5, 0.6) is 0 Å². The minimum atomic E-state index is -0.422. The number of rotatable bonds is 3. The standard InChI is InChI=1S/C11H15N3O2/c1-11(2,3)13-12-8-9-5-4-6-10(7-9)14(15)16/h4-8,13H,1-3H3. The van der Waals surface area contributed by atoms with Gasteiger partial charge in [-0.15, -0.1) is 0 Å². The Morgan fingerprint density at radius 1 is 1.44 bits per heavy atom. The largest absolute Gasteiger partial charge is 0.305 e. The minimum Gasteiger partial charge on any atom is -0.305 e. The molecule has 0 heterocycles. The van der Waals surface area contributed by atoms with Gasteiger partial charge in [0, 0.05) is 23.2 Å². The molecule has 0 unspecified atom stereocenters. The van der Waals surface area contributed by atoms with Crippen LogP contribution in [0, 0.1) is 10.1 Å². The van der Waals surface area contributed by atoms with E-state index in [1.165, 1.54) is 12.1 Å². The number of hydrogen-bond acceptors (Lipinski definition) is 4. The summed E-state index contributed by atoms with van der Waals surface area (Å²) in [6, 6.07) is 6.33. The molecule has 0 amide bonds. The number of nitrogens with zero attached hydrogens (tertiary/aromatic N) is 2. The van der Waals surface area contributed by atoms with Crippen LogP contribution in [0.1, 0.15) is 26.3 Å². The second-order valence-electron chi connectivity index (χ2n) is 4.47. The van der Waals surface area contributed by atoms with E-state index >= 15 is 0 Å². The van der Waals surface area contributed by atoms with E-state index < -0.39 is 4.92 Å². The Kier molecular flexibility index (Phi) is 3.60. The SMILES string of the molecule is CC(C)(C)NN=Cc1cccc([N+](=O)[O-])c1. The number of hydrogen-bond donors (Lipinski definition) is 1. The van der Waals surface area contributed by atoms with Crippen LogP contribution in [-0.4, -0.2) is 16.7 Å². The van der Waals surface area contributed by atoms with Gasteiger partial charge in [-0.05, 0) is 20.8 Å². The van der Waals surface area contributed by atoms with Gasteiger partial charge in [0.05, 0.1) is 11.1 Å². The summed E-state index contributed by atoms with van der Waals surface area (Å²) in [6.45, 7) is 5.95. The highest BCUT2D eigenvalue weighted by Gasteiger charge is 2.06. The average molecular weight is 221 g/mol. The number of hydrazone groups is 1. The zero-order chi connectivity index (χ0) is 12.2. The summed E-state index contributed by atoms with van der Waals surface area (Å²) < 4.78 is 0. The third-order valence-corrected chi connectivity index (χ3v) is 1.69. The van der Waals surface area contributed by atoms with Crippen LogP contribution in [0.15, 0.2) is 29.4 Å². The van der Waals surface area contributed by atoms with Gasteiger partial charge in [0.15, 0.2) is 0 Å². The van der Waals surface area contributed by atoms with Crippen molar-refractivity contribution < 1.29 is 4.92 Å². The van der Waals surface area contributed by atoms with Gasteiger partial charge in [-0.2, -0.15) is 5.10 Å². The van der Waals surface area contributed by atoms with E-state index in [4.69, 9.17) is 0 Å². The van der Waals surface area contributed by atoms with Gasteiger partial charge in [-0.3, -0.25) is 10.1 Å². The van der Waals surface area contributed by atoms with E-state index in [0.29, 0.717) is 5.56 Å². The van der Waals surface area contributed by atoms with Crippen LogP contribution in [0.4, 0.5) is 5.69 Å². The first kappa shape index (κ1) is 12.2. The molecule has 0 saturated heterocycles. The monoisotopic (exact) mass is 221 g/mol. The van der Waals surface area contributed by atoms with Crippen molar-refractivity contribution in [2.75, 3.05) is 0 Å². The molecule has 0 bridgehead atoms. The van der Waals surface area contributed by atoms with E-state index in [1.54, 1.807) is 18.3 Å². The summed E-state index contributed by atoms with van der Waals surface area (Å²) in [5.41, 5.74) is 3.57. The van der Waals surface area contributed by atoms with Gasteiger partial charge < -0.3 is 5.43 Å². The van der Waals surface area contributed by atoms with Gasteiger partial charge in [0.1, 0.15) is 0 Å². The molecule has 0 aromatic heterocycles. The van der Waals surface area contributed by atoms with E-state index in [9.17, 15) is 10.1 Å². The highest BCUT2D eigenvalue weighted by Crippen LogP contribution is 2.11. The van der Waals surface area contributed by atoms with Crippen molar-refractivity contribution in [3.05, 3.63) is 39.9 Å². The van der Waals surface area contributed by atoms with Gasteiger partial charge in [-0.25, -0.2) is 0 Å². The molecular formula is C11H15N3O2. The van der Waals surface area contributed by atoms with E-state index in [0.717, 1.165) is 0 Å². The maximum Gasteiger partial charge on any atom is 0.270 e. The fourth-order valence-corrected chi connectivity index (χ4v) is 1.02. The summed E-state index contributed by atoms with van der Waals surface area (Å²) in [6.07, 6.45) is 1.57. The molecule has 0 radical (unpaired) electrons. The van der Waals surface area contributed by atoms with Crippen molar-refractivity contribution in [1.82, 2.24) is 5.43 Å². The average Bonchev–Trinajstić information content (AvgIpc) is 2.16. The molecule has 0 atom stereocenters. The first-order valence-electron chi connectivity index (χ1n) is 4.93. The fourth-order valence-electron chi connectivity index (χ4n) is 1.02. The highest BCUT2D eigenvalue weighted by atomic mass is 16.6. The number of nitrogens with one attached hydrogen (secondary N) is 1. The Labute approximate surface area is 94.3 Å². The Balaban J connectivity index is 2.74. The van der Waals surface area contributed by atoms with Crippen molar-refractivity contribution in [3.8, 4) is 0 Å². The molecule has 0 aliphatic rings. The van der Waals surface area contributed by atoms with Crippen molar-refractivity contribution in [2.24, 2.45) is 5.10 Å². The van der Waals surface area contributed by atoms with E-state index in [2.05, 4.69) is 10.5 Å². The maximum absolute atomic E-state index is 10.5. The van der Waals surface area contributed by atoms with Crippen molar-refractivity contribution in [2.45, 2.75) is 26.3 Å². The molecular weight excluding hydrogens is 206 g/mol. The molecule has 1 aromatic carbocycles. The lowest BCUT2D eigenvalue weighted by molar-refractivity contribution is -0.384. The zero-order valence-electron chi connectivity index (χ0n) is 9.60. The molecule has 0 spiro atoms. The van der Waals surface area contributed by atoms with Crippen LogP contribution in [0.3, 0.4) is 0 Å². The van der Waals surface area contributed by atoms with Crippen molar-refractivity contribution in [1.29, 1.82) is 0 Å². The molecule has 5 heteroatoms. The van der Waals surface area contributed by atoms with Gasteiger partial charge in [0.2, 0.25) is 0 Å². The molecule has 0 aliphatic heterocycles. The Morgan fingerprint density at radius 2 is 2.12 bits per heavy atom. The highest BCUT2D eigenvalue weighted by molar-refractivity contribution is 5.80. The van der Waals surface area contributed by atoms with E-state index in [1.807, 2.05) is 20.8 Å². The normalized spacial score (nSPS) is 11.7. The molecule has 0 fully saturated rings. The second kappa shape index (κ2) is 4.74. The van der Waals surface area contributed by atoms with Gasteiger partial charge >= 0.3 is 0 Å². The zero-order valence-corrected chi connectivity index (χ0v) is 9.60. The lowest BCUT2D eigenvalue weighted by atomic mass is 10.1. The third-order valence-electron chi connectivity index (χ3n) is 1.69. The fraction of sp³-hybridized carbons (Fsp3) is 0.364. The maximum atomic E-state index is 10.5. The Morgan fingerprint density at radius 3 is 2.69 bits per heavy atom. The second-order valence-corrected chi connectivity index (χ2v) is 4.47. The van der Waals surface area contributed by atoms with E-state index in [-0.39, 0.29) is 11.2 Å². The Bertz CT molecular complexity index is 408. The van der Waals surface area contributed by atoms with Crippen LogP contribution in [0.2, 0.25) is 0 Å². The summed E-state index contributed by atoms with van der Waals surface area (Å²) >= 11 is 0. The molecule has 1 N–H and O–H groups in total. The number of nitro benzene ring substituents is 1. The summed E-state index contributed by atoms with van der Waals surface area (Å²) in [7, 11) is 0. The molecule has 5 nitrogen and oxygen atoms in total. The lowest BCUT2D eigenvalue weighted by Crippen LogP contribution is -2.31. The lowest BCUT2D eigenvalue weighted by Gasteiger charge is -2.16. The summed E-state index contributed by atoms with van der Waals surface area (Å²) in [5.74, 6) is 0. The molecule has 0 aliphatic carbocycles. The van der Waals surface area contributed by atoms with Crippen LogP contribution >= 0.6 is 0 Å². The summed E-state index contributed by atoms with van der Waals surface area (Å²) in [4.78, 5) is 10.1. The first-order valence-corrected chi connectivity index (χ1v) is 4.93. The third kappa shape index (κ3) is 4.08. The van der Waals surface area contributed by atoms with Crippen LogP contribution < -0.4 is 5.43 Å².